The first-order chi connectivity index (χ1) is 7.13. The van der Waals surface area contributed by atoms with E-state index >= 15 is 0 Å². The second kappa shape index (κ2) is 6.21. The molecule has 0 aliphatic heterocycles. The van der Waals surface area contributed by atoms with Crippen LogP contribution in [0, 0.1) is 5.92 Å². The van der Waals surface area contributed by atoms with Crippen LogP contribution in [0.3, 0.4) is 0 Å². The van der Waals surface area contributed by atoms with E-state index in [1.807, 2.05) is 39.8 Å². The molecule has 0 aromatic rings. The molecule has 0 saturated carbocycles. The van der Waals surface area contributed by atoms with Crippen LogP contribution in [0.1, 0.15) is 34.6 Å². The van der Waals surface area contributed by atoms with E-state index in [1.165, 1.54) is 0 Å². The molecule has 0 aromatic carbocycles. The molecule has 2 N–H and O–H groups in total. The van der Waals surface area contributed by atoms with Crippen molar-refractivity contribution < 1.29 is 4.74 Å². The zero-order valence-electron chi connectivity index (χ0n) is 11.7. The van der Waals surface area contributed by atoms with Crippen molar-refractivity contribution in [3.8, 4) is 0 Å². The number of hydrogen-bond donors (Lipinski definition) is 1. The van der Waals surface area contributed by atoms with E-state index in [-0.39, 0.29) is 17.9 Å². The molecule has 0 bridgehead atoms. The quantitative estimate of drug-likeness (QED) is 0.576. The fourth-order valence-corrected chi connectivity index (χ4v) is 1.10. The maximum atomic E-state index is 6.10. The maximum Gasteiger partial charge on any atom is 0.165 e. The molecule has 16 heavy (non-hydrogen) atoms. The van der Waals surface area contributed by atoms with Crippen molar-refractivity contribution in [1.82, 2.24) is 4.90 Å². The molecular weight excluding hydrogens is 202 g/mol. The molecule has 0 radical (unpaired) electrons. The molecule has 4 nitrogen and oxygen atoms in total. The minimum absolute atomic E-state index is 0.0876. The Labute approximate surface area is 99.9 Å². The van der Waals surface area contributed by atoms with E-state index < -0.39 is 0 Å². The summed E-state index contributed by atoms with van der Waals surface area (Å²) < 4.78 is 5.86. The fraction of sp³-hybridized carbons (Fsp3) is 0.917. The summed E-state index contributed by atoms with van der Waals surface area (Å²) in [4.78, 5) is 6.26. The zero-order chi connectivity index (χ0) is 12.9. The summed E-state index contributed by atoms with van der Waals surface area (Å²) in [6.45, 7) is 10.2. The summed E-state index contributed by atoms with van der Waals surface area (Å²) in [5.74, 6) is 0.340. The highest BCUT2D eigenvalue weighted by Crippen LogP contribution is 2.16. The maximum absolute atomic E-state index is 6.10. The van der Waals surface area contributed by atoms with Gasteiger partial charge in [-0.3, -0.25) is 0 Å². The molecule has 0 aromatic heterocycles. The highest BCUT2D eigenvalue weighted by molar-refractivity contribution is 5.54. The topological polar surface area (TPSA) is 50.8 Å². The normalized spacial score (nSPS) is 16.8. The van der Waals surface area contributed by atoms with Gasteiger partial charge >= 0.3 is 0 Å². The monoisotopic (exact) mass is 229 g/mol. The van der Waals surface area contributed by atoms with Crippen molar-refractivity contribution in [3.05, 3.63) is 0 Å². The molecule has 0 spiro atoms. The highest BCUT2D eigenvalue weighted by Gasteiger charge is 2.25. The van der Waals surface area contributed by atoms with Gasteiger partial charge in [0.05, 0.1) is 18.0 Å². The standard InChI is InChI=1S/C12H27N3O/c1-9(2)10(13)11(14-8-15(6)7)16-12(3,4)5/h8-11H,13H2,1-7H3/b14-8+/t10?,11-/m0/s1. The third-order valence-electron chi connectivity index (χ3n) is 2.02. The molecule has 96 valence electrons. The van der Waals surface area contributed by atoms with Crippen molar-refractivity contribution in [2.75, 3.05) is 14.1 Å². The Balaban J connectivity index is 4.64. The van der Waals surface area contributed by atoms with Crippen molar-refractivity contribution in [3.63, 3.8) is 0 Å². The van der Waals surface area contributed by atoms with E-state index in [0.29, 0.717) is 5.92 Å². The lowest BCUT2D eigenvalue weighted by atomic mass is 10.0. The predicted octanol–water partition coefficient (Wildman–Crippen LogP) is 1.70. The second-order valence-electron chi connectivity index (χ2n) is 5.67. The van der Waals surface area contributed by atoms with Gasteiger partial charge in [0.2, 0.25) is 0 Å². The number of ether oxygens (including phenoxy) is 1. The number of aliphatic imine (C=N–C) groups is 1. The van der Waals surface area contributed by atoms with Gasteiger partial charge < -0.3 is 15.4 Å². The fourth-order valence-electron chi connectivity index (χ4n) is 1.10. The van der Waals surface area contributed by atoms with E-state index in [0.717, 1.165) is 0 Å². The van der Waals surface area contributed by atoms with Crippen LogP contribution in [0.25, 0.3) is 0 Å². The molecule has 2 atom stereocenters. The van der Waals surface area contributed by atoms with Gasteiger partial charge in [-0.1, -0.05) is 13.8 Å². The van der Waals surface area contributed by atoms with Crippen molar-refractivity contribution in [2.45, 2.75) is 52.5 Å². The first-order valence-electron chi connectivity index (χ1n) is 5.76. The minimum atomic E-state index is -0.289. The molecule has 0 aliphatic carbocycles. The number of hydrogen-bond acceptors (Lipinski definition) is 3. The summed E-state index contributed by atoms with van der Waals surface area (Å²) >= 11 is 0. The van der Waals surface area contributed by atoms with Gasteiger partial charge in [-0.25, -0.2) is 4.99 Å². The van der Waals surface area contributed by atoms with Crippen LogP contribution in [-0.4, -0.2) is 43.2 Å². The summed E-state index contributed by atoms with van der Waals surface area (Å²) in [7, 11) is 3.86. The Bertz CT molecular complexity index is 219. The lowest BCUT2D eigenvalue weighted by Crippen LogP contribution is -2.43. The van der Waals surface area contributed by atoms with Gasteiger partial charge in [0.1, 0.15) is 0 Å². The number of rotatable bonds is 5. The average molecular weight is 229 g/mol. The molecule has 0 aliphatic rings. The lowest BCUT2D eigenvalue weighted by Gasteiger charge is -2.30. The molecular formula is C12H27N3O. The van der Waals surface area contributed by atoms with Crippen molar-refractivity contribution in [1.29, 1.82) is 0 Å². The molecule has 4 heteroatoms. The summed E-state index contributed by atoms with van der Waals surface area (Å²) in [6.07, 6.45) is 1.46. The van der Waals surface area contributed by atoms with Crippen LogP contribution in [0.2, 0.25) is 0 Å². The predicted molar refractivity (Wildman–Crippen MR) is 69.6 cm³/mol. The molecule has 0 amide bonds. The van der Waals surface area contributed by atoms with Crippen LogP contribution in [0.15, 0.2) is 4.99 Å². The summed E-state index contributed by atoms with van der Waals surface area (Å²) in [5, 5.41) is 0. The van der Waals surface area contributed by atoms with Gasteiger partial charge in [0.15, 0.2) is 6.23 Å². The third-order valence-corrected chi connectivity index (χ3v) is 2.02. The molecule has 0 rings (SSSR count). The smallest absolute Gasteiger partial charge is 0.165 e. The van der Waals surface area contributed by atoms with Crippen LogP contribution >= 0.6 is 0 Å². The molecule has 1 unspecified atom stereocenters. The van der Waals surface area contributed by atoms with Crippen LogP contribution in [-0.2, 0) is 4.74 Å². The minimum Gasteiger partial charge on any atom is -0.369 e. The first kappa shape index (κ1) is 15.4. The molecule has 0 fully saturated rings. The third kappa shape index (κ3) is 6.80. The summed E-state index contributed by atoms with van der Waals surface area (Å²) in [5.41, 5.74) is 5.86. The van der Waals surface area contributed by atoms with Crippen LogP contribution in [0.4, 0.5) is 0 Å². The molecule has 0 saturated heterocycles. The SMILES string of the molecule is CC(C)C(N)[C@@H](/N=C/N(C)C)OC(C)(C)C. The van der Waals surface area contributed by atoms with Crippen molar-refractivity contribution >= 4 is 6.34 Å². The lowest BCUT2D eigenvalue weighted by molar-refractivity contribution is -0.0712. The Kier molecular flexibility index (Phi) is 5.97. The zero-order valence-corrected chi connectivity index (χ0v) is 11.7. The Morgan fingerprint density at radius 1 is 1.25 bits per heavy atom. The van der Waals surface area contributed by atoms with Crippen LogP contribution in [0.5, 0.6) is 0 Å². The number of nitrogens with zero attached hydrogens (tertiary/aromatic N) is 2. The van der Waals surface area contributed by atoms with E-state index in [1.54, 1.807) is 6.34 Å². The van der Waals surface area contributed by atoms with Gasteiger partial charge in [-0.2, -0.15) is 0 Å². The Morgan fingerprint density at radius 3 is 2.06 bits per heavy atom. The Hall–Kier alpha value is -0.610. The first-order valence-corrected chi connectivity index (χ1v) is 5.76. The summed E-state index contributed by atoms with van der Waals surface area (Å²) in [6, 6.07) is -0.0876. The van der Waals surface area contributed by atoms with Gasteiger partial charge in [-0.15, -0.1) is 0 Å². The van der Waals surface area contributed by atoms with E-state index in [9.17, 15) is 0 Å². The van der Waals surface area contributed by atoms with Gasteiger partial charge in [0, 0.05) is 14.1 Å². The second-order valence-corrected chi connectivity index (χ2v) is 5.67. The van der Waals surface area contributed by atoms with Gasteiger partial charge in [-0.05, 0) is 26.7 Å². The molecule has 0 heterocycles. The van der Waals surface area contributed by atoms with E-state index in [4.69, 9.17) is 10.5 Å². The number of nitrogens with two attached hydrogens (primary N) is 1. The van der Waals surface area contributed by atoms with Crippen molar-refractivity contribution in [2.24, 2.45) is 16.6 Å². The average Bonchev–Trinajstić information content (AvgIpc) is 2.08. The largest absolute Gasteiger partial charge is 0.369 e. The Morgan fingerprint density at radius 2 is 1.75 bits per heavy atom. The van der Waals surface area contributed by atoms with E-state index in [2.05, 4.69) is 18.8 Å². The van der Waals surface area contributed by atoms with Crippen LogP contribution < -0.4 is 5.73 Å². The highest BCUT2D eigenvalue weighted by atomic mass is 16.5. The van der Waals surface area contributed by atoms with Gasteiger partial charge in [0.25, 0.3) is 0 Å².